The SMILES string of the molecule is Cc1ccccc1C(O)C(CN)c1ccncc1. The number of aliphatic hydroxyl groups excluding tert-OH is 1. The summed E-state index contributed by atoms with van der Waals surface area (Å²) in [5, 5.41) is 10.5. The van der Waals surface area contributed by atoms with Crippen LogP contribution in [0.15, 0.2) is 48.8 Å². The summed E-state index contributed by atoms with van der Waals surface area (Å²) in [7, 11) is 0. The molecule has 0 aliphatic heterocycles. The van der Waals surface area contributed by atoms with Crippen LogP contribution in [-0.4, -0.2) is 16.6 Å². The molecule has 94 valence electrons. The molecule has 0 bridgehead atoms. The highest BCUT2D eigenvalue weighted by Crippen LogP contribution is 2.31. The maximum absolute atomic E-state index is 10.5. The summed E-state index contributed by atoms with van der Waals surface area (Å²) < 4.78 is 0. The summed E-state index contributed by atoms with van der Waals surface area (Å²) in [5.74, 6) is -0.103. The molecule has 1 aromatic heterocycles. The van der Waals surface area contributed by atoms with E-state index in [0.29, 0.717) is 6.54 Å². The van der Waals surface area contributed by atoms with Crippen molar-refractivity contribution in [2.24, 2.45) is 5.73 Å². The number of benzene rings is 1. The van der Waals surface area contributed by atoms with E-state index >= 15 is 0 Å². The number of aryl methyl sites for hydroxylation is 1. The molecule has 2 rings (SSSR count). The summed E-state index contributed by atoms with van der Waals surface area (Å²) >= 11 is 0. The number of rotatable bonds is 4. The van der Waals surface area contributed by atoms with Gasteiger partial charge in [0.05, 0.1) is 6.10 Å². The van der Waals surface area contributed by atoms with Gasteiger partial charge >= 0.3 is 0 Å². The van der Waals surface area contributed by atoms with Gasteiger partial charge in [-0.2, -0.15) is 0 Å². The van der Waals surface area contributed by atoms with Crippen LogP contribution in [0.25, 0.3) is 0 Å². The van der Waals surface area contributed by atoms with Crippen LogP contribution in [0.1, 0.15) is 28.7 Å². The van der Waals surface area contributed by atoms with E-state index in [4.69, 9.17) is 5.73 Å². The third kappa shape index (κ3) is 2.58. The van der Waals surface area contributed by atoms with Crippen molar-refractivity contribution in [2.45, 2.75) is 18.9 Å². The van der Waals surface area contributed by atoms with Crippen molar-refractivity contribution >= 4 is 0 Å². The summed E-state index contributed by atoms with van der Waals surface area (Å²) in [4.78, 5) is 3.99. The van der Waals surface area contributed by atoms with E-state index in [1.165, 1.54) is 0 Å². The number of pyridine rings is 1. The van der Waals surface area contributed by atoms with Crippen LogP contribution in [0.5, 0.6) is 0 Å². The summed E-state index contributed by atoms with van der Waals surface area (Å²) in [6, 6.07) is 11.7. The van der Waals surface area contributed by atoms with E-state index in [1.807, 2.05) is 43.3 Å². The second-order valence-electron chi connectivity index (χ2n) is 4.42. The number of nitrogens with two attached hydrogens (primary N) is 1. The number of nitrogens with zero attached hydrogens (tertiary/aromatic N) is 1. The Morgan fingerprint density at radius 2 is 1.83 bits per heavy atom. The molecule has 0 radical (unpaired) electrons. The van der Waals surface area contributed by atoms with Crippen molar-refractivity contribution in [3.63, 3.8) is 0 Å². The van der Waals surface area contributed by atoms with Crippen LogP contribution in [0.3, 0.4) is 0 Å². The summed E-state index contributed by atoms with van der Waals surface area (Å²) in [6.07, 6.45) is 2.86. The van der Waals surface area contributed by atoms with E-state index < -0.39 is 6.10 Å². The lowest BCUT2D eigenvalue weighted by atomic mass is 9.88. The highest BCUT2D eigenvalue weighted by atomic mass is 16.3. The Balaban J connectivity index is 2.32. The minimum atomic E-state index is -0.585. The lowest BCUT2D eigenvalue weighted by Gasteiger charge is -2.23. The molecule has 2 atom stereocenters. The van der Waals surface area contributed by atoms with Crippen molar-refractivity contribution in [1.82, 2.24) is 4.98 Å². The van der Waals surface area contributed by atoms with Crippen LogP contribution in [-0.2, 0) is 0 Å². The van der Waals surface area contributed by atoms with Crippen molar-refractivity contribution in [3.05, 3.63) is 65.5 Å². The average Bonchev–Trinajstić information content (AvgIpc) is 2.41. The van der Waals surface area contributed by atoms with Gasteiger partial charge in [0.15, 0.2) is 0 Å². The van der Waals surface area contributed by atoms with Crippen molar-refractivity contribution in [1.29, 1.82) is 0 Å². The molecule has 1 heterocycles. The molecule has 0 amide bonds. The monoisotopic (exact) mass is 242 g/mol. The molecule has 1 aromatic carbocycles. The van der Waals surface area contributed by atoms with E-state index in [2.05, 4.69) is 4.98 Å². The van der Waals surface area contributed by atoms with Gasteiger partial charge in [-0.05, 0) is 35.7 Å². The zero-order chi connectivity index (χ0) is 13.0. The lowest BCUT2D eigenvalue weighted by Crippen LogP contribution is -2.20. The Hall–Kier alpha value is -1.71. The molecule has 0 aliphatic rings. The topological polar surface area (TPSA) is 59.1 Å². The van der Waals surface area contributed by atoms with Gasteiger partial charge < -0.3 is 10.8 Å². The fourth-order valence-corrected chi connectivity index (χ4v) is 2.19. The minimum absolute atomic E-state index is 0.103. The van der Waals surface area contributed by atoms with Gasteiger partial charge in [-0.1, -0.05) is 24.3 Å². The highest BCUT2D eigenvalue weighted by Gasteiger charge is 2.22. The van der Waals surface area contributed by atoms with Gasteiger partial charge in [0, 0.05) is 24.9 Å². The fraction of sp³-hybridized carbons (Fsp3) is 0.267. The van der Waals surface area contributed by atoms with Gasteiger partial charge in [0.1, 0.15) is 0 Å². The highest BCUT2D eigenvalue weighted by molar-refractivity contribution is 5.31. The third-order valence-electron chi connectivity index (χ3n) is 3.28. The maximum Gasteiger partial charge on any atom is 0.0873 e. The normalized spacial score (nSPS) is 14.2. The van der Waals surface area contributed by atoms with Gasteiger partial charge in [0.2, 0.25) is 0 Å². The molecule has 0 fully saturated rings. The van der Waals surface area contributed by atoms with E-state index in [9.17, 15) is 5.11 Å². The first-order valence-corrected chi connectivity index (χ1v) is 6.07. The molecule has 0 saturated carbocycles. The fourth-order valence-electron chi connectivity index (χ4n) is 2.19. The van der Waals surface area contributed by atoms with Crippen LogP contribution >= 0.6 is 0 Å². The number of aliphatic hydroxyl groups is 1. The number of hydrogen-bond donors (Lipinski definition) is 2. The summed E-state index contributed by atoms with van der Waals surface area (Å²) in [6.45, 7) is 2.40. The first-order chi connectivity index (χ1) is 8.74. The molecule has 3 heteroatoms. The first kappa shape index (κ1) is 12.7. The van der Waals surface area contributed by atoms with Crippen LogP contribution in [0.2, 0.25) is 0 Å². The van der Waals surface area contributed by atoms with E-state index in [0.717, 1.165) is 16.7 Å². The Morgan fingerprint density at radius 3 is 2.44 bits per heavy atom. The smallest absolute Gasteiger partial charge is 0.0873 e. The molecule has 2 unspecified atom stereocenters. The molecule has 3 N–H and O–H groups in total. The standard InChI is InChI=1S/C15H18N2O/c1-11-4-2-3-5-13(11)15(18)14(10-16)12-6-8-17-9-7-12/h2-9,14-15,18H,10,16H2,1H3. The molecule has 0 spiro atoms. The molecule has 18 heavy (non-hydrogen) atoms. The Kier molecular flexibility index (Phi) is 4.07. The van der Waals surface area contributed by atoms with E-state index in [1.54, 1.807) is 12.4 Å². The largest absolute Gasteiger partial charge is 0.388 e. The molecule has 3 nitrogen and oxygen atoms in total. The van der Waals surface area contributed by atoms with Crippen LogP contribution in [0, 0.1) is 6.92 Å². The number of hydrogen-bond acceptors (Lipinski definition) is 3. The van der Waals surface area contributed by atoms with Crippen LogP contribution in [0.4, 0.5) is 0 Å². The molecule has 2 aromatic rings. The predicted octanol–water partition coefficient (Wildman–Crippen LogP) is 2.17. The lowest BCUT2D eigenvalue weighted by molar-refractivity contribution is 0.146. The average molecular weight is 242 g/mol. The van der Waals surface area contributed by atoms with Crippen molar-refractivity contribution in [2.75, 3.05) is 6.54 Å². The van der Waals surface area contributed by atoms with Gasteiger partial charge in [-0.3, -0.25) is 4.98 Å². The van der Waals surface area contributed by atoms with Gasteiger partial charge in [0.25, 0.3) is 0 Å². The zero-order valence-corrected chi connectivity index (χ0v) is 10.5. The summed E-state index contributed by atoms with van der Waals surface area (Å²) in [5.41, 5.74) is 8.85. The Morgan fingerprint density at radius 1 is 1.17 bits per heavy atom. The maximum atomic E-state index is 10.5. The third-order valence-corrected chi connectivity index (χ3v) is 3.28. The first-order valence-electron chi connectivity index (χ1n) is 6.07. The molecular weight excluding hydrogens is 224 g/mol. The Bertz CT molecular complexity index is 499. The van der Waals surface area contributed by atoms with Crippen LogP contribution < -0.4 is 5.73 Å². The zero-order valence-electron chi connectivity index (χ0n) is 10.5. The van der Waals surface area contributed by atoms with Gasteiger partial charge in [-0.25, -0.2) is 0 Å². The number of aromatic nitrogens is 1. The molecule has 0 aliphatic carbocycles. The molecular formula is C15H18N2O. The second-order valence-corrected chi connectivity index (χ2v) is 4.42. The van der Waals surface area contributed by atoms with Crippen molar-refractivity contribution in [3.8, 4) is 0 Å². The minimum Gasteiger partial charge on any atom is -0.388 e. The van der Waals surface area contributed by atoms with Gasteiger partial charge in [-0.15, -0.1) is 0 Å². The van der Waals surface area contributed by atoms with E-state index in [-0.39, 0.29) is 5.92 Å². The van der Waals surface area contributed by atoms with Crippen molar-refractivity contribution < 1.29 is 5.11 Å². The quantitative estimate of drug-likeness (QED) is 0.863. The Labute approximate surface area is 107 Å². The predicted molar refractivity (Wildman–Crippen MR) is 72.2 cm³/mol. The molecule has 0 saturated heterocycles. The second kappa shape index (κ2) is 5.76.